The minimum Gasteiger partial charge on any atom is -0.507 e. The Labute approximate surface area is 98.2 Å². The molecule has 0 aliphatic heterocycles. The third kappa shape index (κ3) is 3.38. The average molecular weight is 246 g/mol. The van der Waals surface area contributed by atoms with Crippen molar-refractivity contribution in [2.75, 3.05) is 5.88 Å². The summed E-state index contributed by atoms with van der Waals surface area (Å²) < 4.78 is 12.7. The van der Waals surface area contributed by atoms with Gasteiger partial charge in [-0.2, -0.15) is 0 Å². The van der Waals surface area contributed by atoms with Crippen LogP contribution in [0.1, 0.15) is 24.8 Å². The molecule has 0 saturated carbocycles. The minimum atomic E-state index is -0.528. The van der Waals surface area contributed by atoms with E-state index in [-0.39, 0.29) is 5.75 Å². The molecule has 0 aliphatic carbocycles. The van der Waals surface area contributed by atoms with Crippen LogP contribution in [0.3, 0.4) is 0 Å². The third-order valence-electron chi connectivity index (χ3n) is 2.19. The van der Waals surface area contributed by atoms with Gasteiger partial charge >= 0.3 is 0 Å². The molecule has 0 atom stereocenters. The summed E-state index contributed by atoms with van der Waals surface area (Å²) >= 11 is 5.52. The first kappa shape index (κ1) is 12.8. The van der Waals surface area contributed by atoms with Gasteiger partial charge in [-0.3, -0.25) is 0 Å². The van der Waals surface area contributed by atoms with Crippen LogP contribution in [0.25, 0.3) is 0 Å². The molecule has 0 saturated heterocycles. The Bertz CT molecular complexity index is 382. The lowest BCUT2D eigenvalue weighted by atomic mass is 10.0. The van der Waals surface area contributed by atoms with Crippen molar-refractivity contribution in [1.29, 1.82) is 0 Å². The maximum Gasteiger partial charge on any atom is 0.127 e. The Morgan fingerprint density at radius 1 is 1.38 bits per heavy atom. The highest BCUT2D eigenvalue weighted by atomic mass is 35.5. The topological polar surface area (TPSA) is 52.8 Å². The number of nitrogens with zero attached hydrogens (tertiary/aromatic N) is 1. The molecule has 1 aromatic carbocycles. The van der Waals surface area contributed by atoms with Crippen molar-refractivity contribution in [3.8, 4) is 5.75 Å². The van der Waals surface area contributed by atoms with Crippen molar-refractivity contribution < 1.29 is 14.7 Å². The molecule has 2 N–H and O–H groups in total. The monoisotopic (exact) mass is 245 g/mol. The van der Waals surface area contributed by atoms with Gasteiger partial charge in [0.25, 0.3) is 0 Å². The maximum atomic E-state index is 12.7. The summed E-state index contributed by atoms with van der Waals surface area (Å²) in [6.45, 7) is 0. The first-order chi connectivity index (χ1) is 7.69. The number of hydrogen-bond donors (Lipinski definition) is 2. The van der Waals surface area contributed by atoms with Crippen LogP contribution < -0.4 is 0 Å². The highest BCUT2D eigenvalue weighted by molar-refractivity contribution is 6.17. The van der Waals surface area contributed by atoms with Crippen molar-refractivity contribution in [2.45, 2.75) is 19.3 Å². The van der Waals surface area contributed by atoms with Crippen LogP contribution in [0, 0.1) is 5.82 Å². The summed E-state index contributed by atoms with van der Waals surface area (Å²) in [5.41, 5.74) is 0.682. The van der Waals surface area contributed by atoms with Gasteiger partial charge in [0.15, 0.2) is 0 Å². The van der Waals surface area contributed by atoms with Crippen LogP contribution in [-0.2, 0) is 0 Å². The van der Waals surface area contributed by atoms with Crippen LogP contribution >= 0.6 is 11.6 Å². The smallest absolute Gasteiger partial charge is 0.127 e. The Morgan fingerprint density at radius 2 is 2.12 bits per heavy atom. The van der Waals surface area contributed by atoms with E-state index in [9.17, 15) is 9.50 Å². The predicted octanol–water partition coefficient (Wildman–Crippen LogP) is 3.12. The highest BCUT2D eigenvalue weighted by Crippen LogP contribution is 2.21. The fourth-order valence-corrected chi connectivity index (χ4v) is 1.56. The molecular weight excluding hydrogens is 233 g/mol. The van der Waals surface area contributed by atoms with E-state index in [1.807, 2.05) is 0 Å². The van der Waals surface area contributed by atoms with Crippen molar-refractivity contribution in [3.63, 3.8) is 0 Å². The number of alkyl halides is 1. The van der Waals surface area contributed by atoms with Gasteiger partial charge in [0.2, 0.25) is 0 Å². The standard InChI is InChI=1S/C11H13ClFNO2/c12-6-2-1-3-10(14-16)9-5-4-8(13)7-11(9)15/h4-5,7,15-16H,1-3,6H2/b14-10+. The van der Waals surface area contributed by atoms with Gasteiger partial charge in [-0.1, -0.05) is 5.16 Å². The zero-order chi connectivity index (χ0) is 12.0. The molecule has 0 fully saturated rings. The molecule has 0 spiro atoms. The fraction of sp³-hybridized carbons (Fsp3) is 0.364. The lowest BCUT2D eigenvalue weighted by Gasteiger charge is -2.06. The molecule has 0 heterocycles. The van der Waals surface area contributed by atoms with Gasteiger partial charge in [-0.15, -0.1) is 11.6 Å². The van der Waals surface area contributed by atoms with E-state index < -0.39 is 5.82 Å². The largest absolute Gasteiger partial charge is 0.507 e. The number of rotatable bonds is 5. The summed E-state index contributed by atoms with van der Waals surface area (Å²) in [5.74, 6) is -0.216. The van der Waals surface area contributed by atoms with E-state index in [1.165, 1.54) is 12.1 Å². The Morgan fingerprint density at radius 3 is 2.69 bits per heavy atom. The van der Waals surface area contributed by atoms with Crippen LogP contribution in [0.15, 0.2) is 23.4 Å². The van der Waals surface area contributed by atoms with Gasteiger partial charge in [0, 0.05) is 17.5 Å². The Kier molecular flexibility index (Phi) is 5.05. The number of benzene rings is 1. The molecule has 1 rings (SSSR count). The summed E-state index contributed by atoms with van der Waals surface area (Å²) in [6.07, 6.45) is 2.03. The number of halogens is 2. The van der Waals surface area contributed by atoms with Crippen molar-refractivity contribution in [2.24, 2.45) is 5.16 Å². The van der Waals surface area contributed by atoms with E-state index in [2.05, 4.69) is 5.16 Å². The molecule has 0 unspecified atom stereocenters. The maximum absolute atomic E-state index is 12.7. The summed E-state index contributed by atoms with van der Waals surface area (Å²) in [4.78, 5) is 0. The van der Waals surface area contributed by atoms with Crippen LogP contribution in [0.5, 0.6) is 5.75 Å². The number of hydrogen-bond acceptors (Lipinski definition) is 3. The molecule has 0 amide bonds. The normalized spacial score (nSPS) is 11.8. The molecule has 16 heavy (non-hydrogen) atoms. The van der Waals surface area contributed by atoms with Crippen LogP contribution in [0.4, 0.5) is 4.39 Å². The van der Waals surface area contributed by atoms with Gasteiger partial charge in [0.1, 0.15) is 11.6 Å². The quantitative estimate of drug-likeness (QED) is 0.275. The van der Waals surface area contributed by atoms with E-state index in [4.69, 9.17) is 16.8 Å². The SMILES string of the molecule is O/N=C(\CCCCCl)c1ccc(F)cc1O. The minimum absolute atomic E-state index is 0.223. The van der Waals surface area contributed by atoms with Gasteiger partial charge in [-0.05, 0) is 31.4 Å². The molecule has 0 bridgehead atoms. The fourth-order valence-electron chi connectivity index (χ4n) is 1.37. The molecular formula is C11H13ClFNO2. The second-order valence-electron chi connectivity index (χ2n) is 3.35. The van der Waals surface area contributed by atoms with E-state index in [1.54, 1.807) is 0 Å². The molecule has 1 aromatic rings. The van der Waals surface area contributed by atoms with E-state index in [0.29, 0.717) is 23.6 Å². The summed E-state index contributed by atoms with van der Waals surface area (Å²) in [5, 5.41) is 21.4. The third-order valence-corrected chi connectivity index (χ3v) is 2.46. The number of phenols is 1. The molecule has 0 radical (unpaired) electrons. The highest BCUT2D eigenvalue weighted by Gasteiger charge is 2.10. The van der Waals surface area contributed by atoms with Crippen molar-refractivity contribution >= 4 is 17.3 Å². The molecule has 0 aliphatic rings. The Balaban J connectivity index is 2.80. The first-order valence-electron chi connectivity index (χ1n) is 4.95. The van der Waals surface area contributed by atoms with Crippen molar-refractivity contribution in [1.82, 2.24) is 0 Å². The summed E-state index contributed by atoms with van der Waals surface area (Å²) in [6, 6.07) is 3.59. The lowest BCUT2D eigenvalue weighted by molar-refractivity contribution is 0.317. The molecule has 0 aromatic heterocycles. The van der Waals surface area contributed by atoms with Crippen molar-refractivity contribution in [3.05, 3.63) is 29.6 Å². The van der Waals surface area contributed by atoms with Crippen LogP contribution in [0.2, 0.25) is 0 Å². The zero-order valence-corrected chi connectivity index (χ0v) is 9.41. The number of phenolic OH excluding ortho intramolecular Hbond substituents is 1. The first-order valence-corrected chi connectivity index (χ1v) is 5.48. The van der Waals surface area contributed by atoms with Crippen LogP contribution in [-0.4, -0.2) is 21.9 Å². The second kappa shape index (κ2) is 6.33. The second-order valence-corrected chi connectivity index (χ2v) is 3.73. The average Bonchev–Trinajstić information content (AvgIpc) is 2.26. The summed E-state index contributed by atoms with van der Waals surface area (Å²) in [7, 11) is 0. The van der Waals surface area contributed by atoms with Gasteiger partial charge in [0.05, 0.1) is 5.71 Å². The van der Waals surface area contributed by atoms with E-state index >= 15 is 0 Å². The van der Waals surface area contributed by atoms with E-state index in [0.717, 1.165) is 18.9 Å². The molecule has 88 valence electrons. The number of oxime groups is 1. The number of aromatic hydroxyl groups is 1. The van der Waals surface area contributed by atoms with Gasteiger partial charge in [-0.25, -0.2) is 4.39 Å². The van der Waals surface area contributed by atoms with Gasteiger partial charge < -0.3 is 10.3 Å². The molecule has 5 heteroatoms. The lowest BCUT2D eigenvalue weighted by Crippen LogP contribution is -2.02. The Hall–Kier alpha value is -1.29. The zero-order valence-electron chi connectivity index (χ0n) is 8.66. The number of unbranched alkanes of at least 4 members (excludes halogenated alkanes) is 1. The predicted molar refractivity (Wildman–Crippen MR) is 61.0 cm³/mol. The molecule has 3 nitrogen and oxygen atoms in total.